The molecule has 0 aliphatic carbocycles. The molecule has 14 heavy (non-hydrogen) atoms. The lowest BCUT2D eigenvalue weighted by Crippen LogP contribution is -1.96. The molecule has 0 amide bonds. The van der Waals surface area contributed by atoms with Crippen LogP contribution in [0.5, 0.6) is 0 Å². The molecule has 0 aliphatic heterocycles. The lowest BCUT2D eigenvalue weighted by atomic mass is 9.98. The first kappa shape index (κ1) is 10.7. The van der Waals surface area contributed by atoms with Crippen molar-refractivity contribution in [3.63, 3.8) is 0 Å². The van der Waals surface area contributed by atoms with E-state index in [1.165, 1.54) is 5.56 Å². The van der Waals surface area contributed by atoms with Crippen molar-refractivity contribution in [2.45, 2.75) is 20.3 Å². The highest BCUT2D eigenvalue weighted by atomic mass is 16.1. The zero-order valence-corrected chi connectivity index (χ0v) is 8.73. The van der Waals surface area contributed by atoms with E-state index in [-0.39, 0.29) is 0 Å². The molecule has 0 radical (unpaired) electrons. The summed E-state index contributed by atoms with van der Waals surface area (Å²) < 4.78 is 0. The van der Waals surface area contributed by atoms with Gasteiger partial charge in [-0.1, -0.05) is 44.2 Å². The first-order chi connectivity index (χ1) is 6.74. The largest absolute Gasteiger partial charge is 0.299 e. The van der Waals surface area contributed by atoms with Gasteiger partial charge in [-0.25, -0.2) is 0 Å². The molecule has 0 aromatic heterocycles. The Labute approximate surface area is 85.5 Å². The molecule has 0 N–H and O–H groups in total. The molecule has 0 atom stereocenters. The molecular weight excluding hydrogens is 172 g/mol. The minimum absolute atomic E-state index is 0.640. The number of rotatable bonds is 4. The second kappa shape index (κ2) is 5.38. The maximum atomic E-state index is 10.2. The van der Waals surface area contributed by atoms with Crippen molar-refractivity contribution >= 4 is 12.4 Å². The second-order valence-corrected chi connectivity index (χ2v) is 3.79. The molecule has 0 saturated heterocycles. The third kappa shape index (κ3) is 3.17. The topological polar surface area (TPSA) is 17.1 Å². The molecule has 1 aromatic carbocycles. The molecule has 74 valence electrons. The van der Waals surface area contributed by atoms with Gasteiger partial charge in [0.25, 0.3) is 0 Å². The summed E-state index contributed by atoms with van der Waals surface area (Å²) in [6.07, 6.45) is 5.27. The van der Waals surface area contributed by atoms with Gasteiger partial charge in [0.15, 0.2) is 0 Å². The van der Waals surface area contributed by atoms with Gasteiger partial charge in [-0.15, -0.1) is 0 Å². The van der Waals surface area contributed by atoms with E-state index in [1.54, 1.807) is 6.08 Å². The predicted molar refractivity (Wildman–Crippen MR) is 60.1 cm³/mol. The van der Waals surface area contributed by atoms with Crippen LogP contribution in [0.3, 0.4) is 0 Å². The SMILES string of the molecule is CC(C)Cc1ccccc1/C=C/C=O. The monoisotopic (exact) mass is 188 g/mol. The van der Waals surface area contributed by atoms with Crippen molar-refractivity contribution < 1.29 is 4.79 Å². The summed E-state index contributed by atoms with van der Waals surface area (Å²) in [6, 6.07) is 8.19. The van der Waals surface area contributed by atoms with Gasteiger partial charge in [-0.2, -0.15) is 0 Å². The van der Waals surface area contributed by atoms with Gasteiger partial charge in [-0.05, 0) is 29.5 Å². The van der Waals surface area contributed by atoms with Crippen LogP contribution in [0.15, 0.2) is 30.3 Å². The number of allylic oxidation sites excluding steroid dienone is 1. The smallest absolute Gasteiger partial charge is 0.142 e. The minimum atomic E-state index is 0.640. The van der Waals surface area contributed by atoms with Gasteiger partial charge in [0.2, 0.25) is 0 Å². The summed E-state index contributed by atoms with van der Waals surface area (Å²) in [6.45, 7) is 4.39. The van der Waals surface area contributed by atoms with E-state index in [1.807, 2.05) is 24.3 Å². The number of hydrogen-bond acceptors (Lipinski definition) is 1. The molecule has 0 heterocycles. The van der Waals surface area contributed by atoms with Crippen molar-refractivity contribution in [1.29, 1.82) is 0 Å². The van der Waals surface area contributed by atoms with Gasteiger partial charge in [0.1, 0.15) is 6.29 Å². The molecular formula is C13H16O. The number of benzene rings is 1. The molecule has 0 unspecified atom stereocenters. The second-order valence-electron chi connectivity index (χ2n) is 3.79. The molecule has 1 rings (SSSR count). The Morgan fingerprint density at radius 3 is 2.64 bits per heavy atom. The zero-order valence-electron chi connectivity index (χ0n) is 8.73. The lowest BCUT2D eigenvalue weighted by Gasteiger charge is -2.07. The van der Waals surface area contributed by atoms with Crippen LogP contribution in [0.1, 0.15) is 25.0 Å². The molecule has 0 spiro atoms. The third-order valence-corrected chi connectivity index (χ3v) is 2.04. The van der Waals surface area contributed by atoms with Gasteiger partial charge < -0.3 is 0 Å². The first-order valence-corrected chi connectivity index (χ1v) is 4.93. The minimum Gasteiger partial charge on any atom is -0.299 e. The lowest BCUT2D eigenvalue weighted by molar-refractivity contribution is -0.104. The van der Waals surface area contributed by atoms with Crippen LogP contribution in [0.2, 0.25) is 0 Å². The Morgan fingerprint density at radius 2 is 2.00 bits per heavy atom. The van der Waals surface area contributed by atoms with E-state index in [0.717, 1.165) is 18.3 Å². The Kier molecular flexibility index (Phi) is 4.11. The number of aldehydes is 1. The van der Waals surface area contributed by atoms with E-state index >= 15 is 0 Å². The first-order valence-electron chi connectivity index (χ1n) is 4.93. The Bertz CT molecular complexity index is 324. The fourth-order valence-electron chi connectivity index (χ4n) is 1.47. The van der Waals surface area contributed by atoms with Crippen LogP contribution in [-0.4, -0.2) is 6.29 Å². The van der Waals surface area contributed by atoms with Crippen LogP contribution >= 0.6 is 0 Å². The molecule has 1 heteroatoms. The average molecular weight is 188 g/mol. The van der Waals surface area contributed by atoms with Gasteiger partial charge in [0, 0.05) is 0 Å². The van der Waals surface area contributed by atoms with Crippen LogP contribution in [0.4, 0.5) is 0 Å². The highest BCUT2D eigenvalue weighted by Gasteiger charge is 2.00. The predicted octanol–water partition coefficient (Wildman–Crippen LogP) is 3.10. The summed E-state index contributed by atoms with van der Waals surface area (Å²) in [5.41, 5.74) is 2.45. The summed E-state index contributed by atoms with van der Waals surface area (Å²) in [7, 11) is 0. The molecule has 0 aliphatic rings. The summed E-state index contributed by atoms with van der Waals surface area (Å²) in [4.78, 5) is 10.2. The maximum Gasteiger partial charge on any atom is 0.142 e. The molecule has 1 aromatic rings. The van der Waals surface area contributed by atoms with Crippen LogP contribution in [0.25, 0.3) is 6.08 Å². The zero-order chi connectivity index (χ0) is 10.4. The Balaban J connectivity index is 2.90. The summed E-state index contributed by atoms with van der Waals surface area (Å²) in [5.74, 6) is 0.640. The Morgan fingerprint density at radius 1 is 1.29 bits per heavy atom. The van der Waals surface area contributed by atoms with Crippen LogP contribution < -0.4 is 0 Å². The molecule has 0 fully saturated rings. The fraction of sp³-hybridized carbons (Fsp3) is 0.308. The number of carbonyl (C=O) groups excluding carboxylic acids is 1. The van der Waals surface area contributed by atoms with Crippen LogP contribution in [0, 0.1) is 5.92 Å². The van der Waals surface area contributed by atoms with Crippen molar-refractivity contribution in [2.24, 2.45) is 5.92 Å². The van der Waals surface area contributed by atoms with Crippen molar-refractivity contribution in [3.05, 3.63) is 41.5 Å². The van der Waals surface area contributed by atoms with E-state index in [2.05, 4.69) is 19.9 Å². The quantitative estimate of drug-likeness (QED) is 0.524. The average Bonchev–Trinajstić information content (AvgIpc) is 2.16. The summed E-state index contributed by atoms with van der Waals surface area (Å²) in [5, 5.41) is 0. The third-order valence-electron chi connectivity index (χ3n) is 2.04. The van der Waals surface area contributed by atoms with Crippen molar-refractivity contribution in [1.82, 2.24) is 0 Å². The van der Waals surface area contributed by atoms with Gasteiger partial charge in [-0.3, -0.25) is 4.79 Å². The van der Waals surface area contributed by atoms with E-state index in [9.17, 15) is 4.79 Å². The van der Waals surface area contributed by atoms with E-state index in [0.29, 0.717) is 5.92 Å². The van der Waals surface area contributed by atoms with Gasteiger partial charge in [0.05, 0.1) is 0 Å². The number of carbonyl (C=O) groups is 1. The molecule has 1 nitrogen and oxygen atoms in total. The van der Waals surface area contributed by atoms with Crippen molar-refractivity contribution in [2.75, 3.05) is 0 Å². The normalized spacial score (nSPS) is 11.1. The van der Waals surface area contributed by atoms with E-state index < -0.39 is 0 Å². The highest BCUT2D eigenvalue weighted by Crippen LogP contribution is 2.14. The molecule has 0 saturated carbocycles. The molecule has 0 bridgehead atoms. The number of hydrogen-bond donors (Lipinski definition) is 0. The Hall–Kier alpha value is -1.37. The fourth-order valence-corrected chi connectivity index (χ4v) is 1.47. The van der Waals surface area contributed by atoms with Crippen molar-refractivity contribution in [3.8, 4) is 0 Å². The van der Waals surface area contributed by atoms with Crippen LogP contribution in [-0.2, 0) is 11.2 Å². The summed E-state index contributed by atoms with van der Waals surface area (Å²) >= 11 is 0. The van der Waals surface area contributed by atoms with Gasteiger partial charge >= 0.3 is 0 Å². The van der Waals surface area contributed by atoms with E-state index in [4.69, 9.17) is 0 Å². The highest BCUT2D eigenvalue weighted by molar-refractivity contribution is 5.74. The standard InChI is InChI=1S/C13H16O/c1-11(2)10-13-7-4-3-6-12(13)8-5-9-14/h3-9,11H,10H2,1-2H3/b8-5+. The maximum absolute atomic E-state index is 10.2.